The lowest BCUT2D eigenvalue weighted by Crippen LogP contribution is -2.32. The molecule has 6 nitrogen and oxygen atoms in total. The first kappa shape index (κ1) is 19.1. The second kappa shape index (κ2) is 8.37. The standard InChI is InChI=1S/C21H29N5O/c1-14(2)22-20-13-19(23-16(4)24-20)21(27)25-17-5-7-18(8-6-17)26-11-9-15(3)10-12-26/h5-8,13-15H,9-12H2,1-4H3,(H,25,27)(H,22,23,24). The highest BCUT2D eigenvalue weighted by molar-refractivity contribution is 6.03. The van der Waals surface area contributed by atoms with Crippen LogP contribution in [0.25, 0.3) is 0 Å². The van der Waals surface area contributed by atoms with Crippen molar-refractivity contribution < 1.29 is 4.79 Å². The molecule has 2 N–H and O–H groups in total. The number of anilines is 3. The lowest BCUT2D eigenvalue weighted by atomic mass is 9.99. The summed E-state index contributed by atoms with van der Waals surface area (Å²) in [5, 5.41) is 6.14. The Morgan fingerprint density at radius 3 is 2.44 bits per heavy atom. The van der Waals surface area contributed by atoms with Crippen molar-refractivity contribution in [3.05, 3.63) is 41.9 Å². The molecule has 0 unspecified atom stereocenters. The molecule has 144 valence electrons. The summed E-state index contributed by atoms with van der Waals surface area (Å²) in [6.45, 7) is 10.4. The van der Waals surface area contributed by atoms with Crippen LogP contribution in [0, 0.1) is 12.8 Å². The van der Waals surface area contributed by atoms with Gasteiger partial charge in [0.25, 0.3) is 5.91 Å². The first-order chi connectivity index (χ1) is 12.9. The van der Waals surface area contributed by atoms with Gasteiger partial charge in [0.05, 0.1) is 0 Å². The SMILES string of the molecule is Cc1nc(NC(C)C)cc(C(=O)Nc2ccc(N3CCC(C)CC3)cc2)n1. The van der Waals surface area contributed by atoms with Crippen molar-refractivity contribution in [1.29, 1.82) is 0 Å². The van der Waals surface area contributed by atoms with Crippen LogP contribution >= 0.6 is 0 Å². The number of aryl methyl sites for hydroxylation is 1. The molecule has 6 heteroatoms. The number of piperidine rings is 1. The Morgan fingerprint density at radius 1 is 1.15 bits per heavy atom. The lowest BCUT2D eigenvalue weighted by molar-refractivity contribution is 0.102. The van der Waals surface area contributed by atoms with Crippen LogP contribution in [0.1, 0.15) is 49.9 Å². The van der Waals surface area contributed by atoms with Gasteiger partial charge in [0.2, 0.25) is 0 Å². The molecular formula is C21H29N5O. The van der Waals surface area contributed by atoms with Gasteiger partial charge in [-0.2, -0.15) is 0 Å². The number of nitrogens with zero attached hydrogens (tertiary/aromatic N) is 3. The first-order valence-electron chi connectivity index (χ1n) is 9.69. The molecule has 1 amide bonds. The van der Waals surface area contributed by atoms with Crippen LogP contribution in [0.2, 0.25) is 0 Å². The predicted octanol–water partition coefficient (Wildman–Crippen LogP) is 4.09. The van der Waals surface area contributed by atoms with E-state index in [1.165, 1.54) is 18.5 Å². The summed E-state index contributed by atoms with van der Waals surface area (Å²) >= 11 is 0. The minimum atomic E-state index is -0.230. The summed E-state index contributed by atoms with van der Waals surface area (Å²) < 4.78 is 0. The molecule has 3 rings (SSSR count). The number of hydrogen-bond acceptors (Lipinski definition) is 5. The Kier molecular flexibility index (Phi) is 5.94. The van der Waals surface area contributed by atoms with Crippen molar-refractivity contribution in [3.8, 4) is 0 Å². The molecule has 0 aliphatic carbocycles. The van der Waals surface area contributed by atoms with Crippen molar-refractivity contribution in [1.82, 2.24) is 9.97 Å². The zero-order chi connectivity index (χ0) is 19.4. The third kappa shape index (κ3) is 5.18. The summed E-state index contributed by atoms with van der Waals surface area (Å²) in [7, 11) is 0. The second-order valence-electron chi connectivity index (χ2n) is 7.66. The smallest absolute Gasteiger partial charge is 0.274 e. The van der Waals surface area contributed by atoms with Gasteiger partial charge in [-0.05, 0) is 63.8 Å². The number of carbonyl (C=O) groups excluding carboxylic acids is 1. The number of rotatable bonds is 5. The minimum absolute atomic E-state index is 0.230. The molecule has 1 aromatic heterocycles. The number of nitrogens with one attached hydrogen (secondary N) is 2. The van der Waals surface area contributed by atoms with Crippen molar-refractivity contribution in [3.63, 3.8) is 0 Å². The Balaban J connectivity index is 1.66. The van der Waals surface area contributed by atoms with Gasteiger partial charge in [-0.1, -0.05) is 6.92 Å². The Hall–Kier alpha value is -2.63. The van der Waals surface area contributed by atoms with E-state index in [0.717, 1.165) is 24.7 Å². The first-order valence-corrected chi connectivity index (χ1v) is 9.69. The molecule has 0 atom stereocenters. The number of aromatic nitrogens is 2. The van der Waals surface area contributed by atoms with Crippen LogP contribution in [0.5, 0.6) is 0 Å². The normalized spacial score (nSPS) is 15.1. The molecule has 0 radical (unpaired) electrons. The number of amides is 1. The van der Waals surface area contributed by atoms with Gasteiger partial charge in [0, 0.05) is 36.6 Å². The quantitative estimate of drug-likeness (QED) is 0.833. The van der Waals surface area contributed by atoms with Crippen LogP contribution in [-0.4, -0.2) is 35.0 Å². The highest BCUT2D eigenvalue weighted by Crippen LogP contribution is 2.24. The average Bonchev–Trinajstić information content (AvgIpc) is 2.62. The highest BCUT2D eigenvalue weighted by atomic mass is 16.1. The van der Waals surface area contributed by atoms with Crippen LogP contribution in [0.3, 0.4) is 0 Å². The Morgan fingerprint density at radius 2 is 1.81 bits per heavy atom. The van der Waals surface area contributed by atoms with Gasteiger partial charge in [-0.25, -0.2) is 9.97 Å². The number of benzene rings is 1. The maximum Gasteiger partial charge on any atom is 0.274 e. The zero-order valence-electron chi connectivity index (χ0n) is 16.6. The summed E-state index contributed by atoms with van der Waals surface area (Å²) in [6, 6.07) is 9.97. The topological polar surface area (TPSA) is 70.2 Å². The van der Waals surface area contributed by atoms with Gasteiger partial charge >= 0.3 is 0 Å². The molecule has 1 fully saturated rings. The average molecular weight is 367 g/mol. The van der Waals surface area contributed by atoms with Gasteiger partial charge in [0.15, 0.2) is 0 Å². The molecule has 2 aromatic rings. The van der Waals surface area contributed by atoms with Gasteiger partial charge in [-0.3, -0.25) is 4.79 Å². The lowest BCUT2D eigenvalue weighted by Gasteiger charge is -2.32. The van der Waals surface area contributed by atoms with E-state index in [2.05, 4.69) is 44.6 Å². The molecule has 0 bridgehead atoms. The van der Waals surface area contributed by atoms with Crippen LogP contribution in [0.15, 0.2) is 30.3 Å². The number of hydrogen-bond donors (Lipinski definition) is 2. The van der Waals surface area contributed by atoms with E-state index in [-0.39, 0.29) is 11.9 Å². The van der Waals surface area contributed by atoms with Crippen molar-refractivity contribution >= 4 is 23.1 Å². The molecule has 1 aromatic carbocycles. The Bertz CT molecular complexity index is 780. The molecule has 1 aliphatic rings. The molecule has 2 heterocycles. The highest BCUT2D eigenvalue weighted by Gasteiger charge is 2.16. The van der Waals surface area contributed by atoms with E-state index >= 15 is 0 Å². The molecule has 0 saturated carbocycles. The van der Waals surface area contributed by atoms with Crippen LogP contribution in [-0.2, 0) is 0 Å². The van der Waals surface area contributed by atoms with Gasteiger partial charge in [0.1, 0.15) is 17.3 Å². The monoisotopic (exact) mass is 367 g/mol. The van der Waals surface area contributed by atoms with E-state index < -0.39 is 0 Å². The molecular weight excluding hydrogens is 338 g/mol. The predicted molar refractivity (Wildman–Crippen MR) is 111 cm³/mol. The van der Waals surface area contributed by atoms with Gasteiger partial charge in [-0.15, -0.1) is 0 Å². The summed E-state index contributed by atoms with van der Waals surface area (Å²) in [4.78, 5) is 23.6. The fourth-order valence-electron chi connectivity index (χ4n) is 3.27. The van der Waals surface area contributed by atoms with Crippen LogP contribution < -0.4 is 15.5 Å². The zero-order valence-corrected chi connectivity index (χ0v) is 16.6. The van der Waals surface area contributed by atoms with E-state index in [0.29, 0.717) is 17.3 Å². The third-order valence-electron chi connectivity index (χ3n) is 4.78. The fourth-order valence-corrected chi connectivity index (χ4v) is 3.27. The Labute approximate surface area is 161 Å². The van der Waals surface area contributed by atoms with Crippen LogP contribution in [0.4, 0.5) is 17.2 Å². The second-order valence-corrected chi connectivity index (χ2v) is 7.66. The largest absolute Gasteiger partial charge is 0.372 e. The van der Waals surface area contributed by atoms with Crippen molar-refractivity contribution in [2.75, 3.05) is 28.6 Å². The molecule has 1 aliphatic heterocycles. The van der Waals surface area contributed by atoms with Crippen molar-refractivity contribution in [2.24, 2.45) is 5.92 Å². The van der Waals surface area contributed by atoms with E-state index in [1.807, 2.05) is 26.0 Å². The molecule has 27 heavy (non-hydrogen) atoms. The van der Waals surface area contributed by atoms with E-state index in [9.17, 15) is 4.79 Å². The van der Waals surface area contributed by atoms with Gasteiger partial charge < -0.3 is 15.5 Å². The maximum absolute atomic E-state index is 12.6. The maximum atomic E-state index is 12.6. The molecule has 1 saturated heterocycles. The summed E-state index contributed by atoms with van der Waals surface area (Å²) in [5.74, 6) is 1.82. The van der Waals surface area contributed by atoms with E-state index in [4.69, 9.17) is 0 Å². The fraction of sp³-hybridized carbons (Fsp3) is 0.476. The number of carbonyl (C=O) groups is 1. The molecule has 0 spiro atoms. The summed E-state index contributed by atoms with van der Waals surface area (Å²) in [5.41, 5.74) is 2.34. The third-order valence-corrected chi connectivity index (χ3v) is 4.78. The van der Waals surface area contributed by atoms with E-state index in [1.54, 1.807) is 13.0 Å². The minimum Gasteiger partial charge on any atom is -0.372 e. The van der Waals surface area contributed by atoms with Crippen molar-refractivity contribution in [2.45, 2.75) is 46.6 Å². The summed E-state index contributed by atoms with van der Waals surface area (Å²) in [6.07, 6.45) is 2.47.